The summed E-state index contributed by atoms with van der Waals surface area (Å²) >= 11 is 2.17. The van der Waals surface area contributed by atoms with Crippen molar-refractivity contribution in [2.24, 2.45) is 0 Å². The maximum atomic E-state index is 9.26. The molecule has 0 fully saturated rings. The van der Waals surface area contributed by atoms with E-state index in [-0.39, 0.29) is 37.0 Å². The Hall–Kier alpha value is -0.246. The summed E-state index contributed by atoms with van der Waals surface area (Å²) in [6.07, 6.45) is 0.715. The molecule has 0 aliphatic heterocycles. The Balaban J connectivity index is 0.00000220. The van der Waals surface area contributed by atoms with E-state index in [9.17, 15) is 5.11 Å². The van der Waals surface area contributed by atoms with Gasteiger partial charge in [0.1, 0.15) is 0 Å². The Morgan fingerprint density at radius 3 is 2.18 bits per heavy atom. The van der Waals surface area contributed by atoms with Crippen LogP contribution in [0.3, 0.4) is 0 Å². The summed E-state index contributed by atoms with van der Waals surface area (Å²) in [7, 11) is 0. The maximum absolute atomic E-state index is 9.26. The van der Waals surface area contributed by atoms with Crippen LogP contribution in [-0.4, -0.2) is 17.3 Å². The van der Waals surface area contributed by atoms with Gasteiger partial charge in [0.2, 0.25) is 0 Å². The summed E-state index contributed by atoms with van der Waals surface area (Å²) in [6.45, 7) is 8.84. The number of aliphatic hydroxyl groups is 1. The van der Waals surface area contributed by atoms with Crippen molar-refractivity contribution in [2.45, 2.75) is 39.7 Å². The van der Waals surface area contributed by atoms with Gasteiger partial charge < -0.3 is 24.8 Å². The van der Waals surface area contributed by atoms with Crippen LogP contribution in [0.1, 0.15) is 45.2 Å². The molecule has 0 bridgehead atoms. The van der Waals surface area contributed by atoms with Crippen molar-refractivity contribution in [1.29, 1.82) is 0 Å². The monoisotopic (exact) mass is 374 g/mol. The Morgan fingerprint density at radius 2 is 1.68 bits per heavy atom. The molecule has 0 aromatic heterocycles. The third kappa shape index (κ3) is 4.63. The van der Waals surface area contributed by atoms with E-state index in [1.165, 1.54) is 31.8 Å². The number of hydrogen-bond donors (Lipinski definition) is 2. The SMILES string of the molecule is CC(CCO)=C1C(NC(C)(C)C)=[C]([Ti+2])c2ccccc21.[Cl-].[Cl-]. The predicted octanol–water partition coefficient (Wildman–Crippen LogP) is -2.53. The van der Waals surface area contributed by atoms with Gasteiger partial charge in [0.25, 0.3) is 0 Å². The molecule has 119 valence electrons. The van der Waals surface area contributed by atoms with E-state index in [0.717, 1.165) is 0 Å². The van der Waals surface area contributed by atoms with Gasteiger partial charge >= 0.3 is 133 Å². The van der Waals surface area contributed by atoms with Crippen LogP contribution in [0.25, 0.3) is 9.45 Å². The number of rotatable bonds is 3. The molecule has 2 rings (SSSR count). The number of nitrogens with one attached hydrogen (secondary N) is 1. The van der Waals surface area contributed by atoms with Crippen molar-refractivity contribution in [3.8, 4) is 0 Å². The van der Waals surface area contributed by atoms with Crippen LogP contribution in [0, 0.1) is 0 Å². The molecule has 2 nitrogen and oxygen atoms in total. The Bertz CT molecular complexity index is 589. The number of fused-ring (bicyclic) bond motifs is 1. The molecule has 0 amide bonds. The fourth-order valence-electron chi connectivity index (χ4n) is 2.55. The summed E-state index contributed by atoms with van der Waals surface area (Å²) in [5.41, 5.74) is 6.31. The summed E-state index contributed by atoms with van der Waals surface area (Å²) in [6, 6.07) is 8.51. The Labute approximate surface area is 157 Å². The standard InChI is InChI=1S/C17H22NO.2ClH.Ti/c1-12(9-10-19)16-14-8-6-5-7-13(14)11-15(16)18-17(2,3)4;;;/h5-8,18-19H,9-10H2,1-4H3;2*1H;/q;;;+2/p-2. The first-order valence-corrected chi connectivity index (χ1v) is 7.78. The van der Waals surface area contributed by atoms with E-state index in [2.05, 4.69) is 77.7 Å². The molecule has 0 spiro atoms. The second-order valence-corrected chi connectivity index (χ2v) is 7.08. The smallest absolute Gasteiger partial charge is 1.00 e. The Morgan fingerprint density at radius 1 is 1.14 bits per heavy atom. The van der Waals surface area contributed by atoms with Crippen LogP contribution in [0.5, 0.6) is 0 Å². The number of hydrogen-bond acceptors (Lipinski definition) is 2. The number of aliphatic hydroxyl groups excluding tert-OH is 1. The predicted molar refractivity (Wildman–Crippen MR) is 80.5 cm³/mol. The van der Waals surface area contributed by atoms with Crippen molar-refractivity contribution in [2.75, 3.05) is 6.61 Å². The van der Waals surface area contributed by atoms with Crippen molar-refractivity contribution in [3.63, 3.8) is 0 Å². The minimum atomic E-state index is 0. The zero-order valence-electron chi connectivity index (χ0n) is 13.4. The first kappa shape index (κ1) is 21.8. The molecular weight excluding hydrogens is 353 g/mol. The van der Waals surface area contributed by atoms with Gasteiger partial charge in [-0.2, -0.15) is 0 Å². The van der Waals surface area contributed by atoms with Gasteiger partial charge in [-0.1, -0.05) is 0 Å². The number of benzene rings is 1. The van der Waals surface area contributed by atoms with Crippen molar-refractivity contribution in [3.05, 3.63) is 46.7 Å². The zero-order chi connectivity index (χ0) is 14.9. The van der Waals surface area contributed by atoms with E-state index in [1.54, 1.807) is 0 Å². The van der Waals surface area contributed by atoms with E-state index >= 15 is 0 Å². The van der Waals surface area contributed by atoms with Gasteiger partial charge in [-0.05, 0) is 0 Å². The molecule has 0 saturated heterocycles. The first-order chi connectivity index (χ1) is 9.35. The zero-order valence-corrected chi connectivity index (χ0v) is 16.5. The first-order valence-electron chi connectivity index (χ1n) is 7.00. The molecule has 0 heterocycles. The third-order valence-corrected chi connectivity index (χ3v) is 4.19. The van der Waals surface area contributed by atoms with Crippen LogP contribution in [-0.2, 0) is 20.4 Å². The van der Waals surface area contributed by atoms with E-state index in [0.29, 0.717) is 6.42 Å². The maximum Gasteiger partial charge on any atom is -1.00 e. The van der Waals surface area contributed by atoms with Crippen LogP contribution < -0.4 is 30.1 Å². The van der Waals surface area contributed by atoms with Crippen LogP contribution in [0.4, 0.5) is 0 Å². The van der Waals surface area contributed by atoms with Gasteiger partial charge in [-0.3, -0.25) is 0 Å². The van der Waals surface area contributed by atoms with Crippen LogP contribution >= 0.6 is 0 Å². The summed E-state index contributed by atoms with van der Waals surface area (Å²) in [5, 5.41) is 12.9. The molecule has 22 heavy (non-hydrogen) atoms. The largest absolute Gasteiger partial charge is 1.00 e. The minimum absolute atomic E-state index is 0. The van der Waals surface area contributed by atoms with Crippen LogP contribution in [0.15, 0.2) is 35.5 Å². The molecule has 0 atom stereocenters. The molecule has 2 N–H and O–H groups in total. The second kappa shape index (κ2) is 8.56. The molecular formula is C17H22Cl2NOTi. The molecule has 0 saturated carbocycles. The quantitative estimate of drug-likeness (QED) is 0.572. The molecule has 5 heteroatoms. The average molecular weight is 375 g/mol. The van der Waals surface area contributed by atoms with Gasteiger partial charge in [0.05, 0.1) is 0 Å². The van der Waals surface area contributed by atoms with E-state index < -0.39 is 0 Å². The number of halogens is 2. The van der Waals surface area contributed by atoms with Gasteiger partial charge in [-0.15, -0.1) is 0 Å². The normalized spacial score (nSPS) is 15.8. The van der Waals surface area contributed by atoms with Crippen LogP contribution in [0.2, 0.25) is 0 Å². The van der Waals surface area contributed by atoms with Gasteiger partial charge in [0.15, 0.2) is 0 Å². The molecule has 1 aromatic carbocycles. The van der Waals surface area contributed by atoms with Gasteiger partial charge in [0, 0.05) is 0 Å². The summed E-state index contributed by atoms with van der Waals surface area (Å²) in [4.78, 5) is 0. The molecule has 1 aliphatic rings. The topological polar surface area (TPSA) is 32.3 Å². The average Bonchev–Trinajstić information content (AvgIpc) is 2.62. The second-order valence-electron chi connectivity index (χ2n) is 6.30. The number of allylic oxidation sites excluding steroid dienone is 1. The molecule has 1 aliphatic carbocycles. The third-order valence-electron chi connectivity index (χ3n) is 3.38. The van der Waals surface area contributed by atoms with Crippen molar-refractivity contribution >= 4 is 9.45 Å². The fraction of sp³-hybridized carbons (Fsp3) is 0.412. The van der Waals surface area contributed by atoms with Crippen molar-refractivity contribution in [1.82, 2.24) is 5.32 Å². The van der Waals surface area contributed by atoms with E-state index in [4.69, 9.17) is 0 Å². The summed E-state index contributed by atoms with van der Waals surface area (Å²) < 4.78 is 1.29. The summed E-state index contributed by atoms with van der Waals surface area (Å²) in [5.74, 6) is 0. The van der Waals surface area contributed by atoms with Crippen molar-refractivity contribution < 1.29 is 50.4 Å². The van der Waals surface area contributed by atoms with Gasteiger partial charge in [-0.25, -0.2) is 0 Å². The van der Waals surface area contributed by atoms with E-state index in [1.807, 2.05) is 0 Å². The minimum Gasteiger partial charge on any atom is -1.00 e. The Kier molecular flexibility index (Phi) is 8.47. The molecule has 1 aromatic rings. The molecule has 0 radical (unpaired) electrons. The fourth-order valence-corrected chi connectivity index (χ4v) is 3.18. The molecule has 0 unspecified atom stereocenters.